The molecule has 0 aliphatic heterocycles. The Labute approximate surface area is 167 Å². The number of rotatable bonds is 9. The van der Waals surface area contributed by atoms with E-state index in [9.17, 15) is 5.11 Å². The van der Waals surface area contributed by atoms with Crippen molar-refractivity contribution in [2.45, 2.75) is 31.7 Å². The molecule has 2 heterocycles. The van der Waals surface area contributed by atoms with Gasteiger partial charge in [-0.15, -0.1) is 5.10 Å². The van der Waals surface area contributed by atoms with Gasteiger partial charge < -0.3 is 19.3 Å². The van der Waals surface area contributed by atoms with Crippen LogP contribution in [0, 0.1) is 13.8 Å². The first-order chi connectivity index (χ1) is 13.5. The fourth-order valence-electron chi connectivity index (χ4n) is 2.71. The Morgan fingerprint density at radius 2 is 1.89 bits per heavy atom. The SMILES string of the molecule is COc1ccc(COC[C@H](O)CSc2nc3nc(C)cc(C)n3n2)cc1OC. The molecule has 0 radical (unpaired) electrons. The van der Waals surface area contributed by atoms with Gasteiger partial charge in [0, 0.05) is 17.1 Å². The Hall–Kier alpha value is -2.36. The number of aryl methyl sites for hydroxylation is 2. The maximum atomic E-state index is 10.2. The van der Waals surface area contributed by atoms with Crippen molar-refractivity contribution in [1.82, 2.24) is 19.6 Å². The zero-order valence-electron chi connectivity index (χ0n) is 16.4. The number of benzene rings is 1. The molecule has 0 bridgehead atoms. The highest BCUT2D eigenvalue weighted by Gasteiger charge is 2.12. The molecule has 1 aromatic carbocycles. The molecule has 3 aromatic rings. The number of ether oxygens (including phenoxy) is 3. The predicted molar refractivity (Wildman–Crippen MR) is 106 cm³/mol. The van der Waals surface area contributed by atoms with E-state index in [1.807, 2.05) is 38.1 Å². The lowest BCUT2D eigenvalue weighted by Gasteiger charge is -2.12. The number of methoxy groups -OCH3 is 2. The third-order valence-electron chi connectivity index (χ3n) is 4.03. The molecule has 1 atom stereocenters. The van der Waals surface area contributed by atoms with Gasteiger partial charge in [-0.05, 0) is 37.6 Å². The average molecular weight is 404 g/mol. The zero-order chi connectivity index (χ0) is 20.1. The Morgan fingerprint density at radius 1 is 1.11 bits per heavy atom. The summed E-state index contributed by atoms with van der Waals surface area (Å²) in [6.45, 7) is 4.47. The molecule has 0 aliphatic rings. The predicted octanol–water partition coefficient (Wildman–Crippen LogP) is 2.43. The molecule has 1 N–H and O–H groups in total. The quantitative estimate of drug-likeness (QED) is 0.544. The largest absolute Gasteiger partial charge is 0.493 e. The molecule has 150 valence electrons. The van der Waals surface area contributed by atoms with Crippen LogP contribution >= 0.6 is 11.8 Å². The van der Waals surface area contributed by atoms with Crippen molar-refractivity contribution in [1.29, 1.82) is 0 Å². The molecule has 9 heteroatoms. The Balaban J connectivity index is 1.48. The van der Waals surface area contributed by atoms with E-state index >= 15 is 0 Å². The number of nitrogens with zero attached hydrogens (tertiary/aromatic N) is 4. The first kappa shape index (κ1) is 20.4. The Morgan fingerprint density at radius 3 is 2.64 bits per heavy atom. The Kier molecular flexibility index (Phi) is 6.71. The van der Waals surface area contributed by atoms with E-state index in [2.05, 4.69) is 15.1 Å². The minimum absolute atomic E-state index is 0.213. The molecule has 0 unspecified atom stereocenters. The van der Waals surface area contributed by atoms with Crippen molar-refractivity contribution in [3.8, 4) is 11.5 Å². The van der Waals surface area contributed by atoms with Crippen LogP contribution < -0.4 is 9.47 Å². The highest BCUT2D eigenvalue weighted by atomic mass is 32.2. The first-order valence-electron chi connectivity index (χ1n) is 8.80. The highest BCUT2D eigenvalue weighted by Crippen LogP contribution is 2.27. The molecule has 0 amide bonds. The number of hydrogen-bond donors (Lipinski definition) is 1. The van der Waals surface area contributed by atoms with Gasteiger partial charge >= 0.3 is 0 Å². The van der Waals surface area contributed by atoms with Crippen LogP contribution in [0.2, 0.25) is 0 Å². The maximum Gasteiger partial charge on any atom is 0.253 e. The van der Waals surface area contributed by atoms with Gasteiger partial charge in [-0.25, -0.2) is 9.50 Å². The smallest absolute Gasteiger partial charge is 0.253 e. The zero-order valence-corrected chi connectivity index (χ0v) is 17.2. The minimum Gasteiger partial charge on any atom is -0.493 e. The summed E-state index contributed by atoms with van der Waals surface area (Å²) in [4.78, 5) is 8.76. The number of aliphatic hydroxyl groups excluding tert-OH is 1. The van der Waals surface area contributed by atoms with E-state index in [4.69, 9.17) is 14.2 Å². The second kappa shape index (κ2) is 9.22. The number of fused-ring (bicyclic) bond motifs is 1. The number of hydrogen-bond acceptors (Lipinski definition) is 8. The summed E-state index contributed by atoms with van der Waals surface area (Å²) in [5.74, 6) is 2.32. The fraction of sp³-hybridized carbons (Fsp3) is 0.421. The standard InChI is InChI=1S/C19H24N4O4S/c1-12-7-13(2)23-18(20-12)21-19(22-23)28-11-15(24)10-27-9-14-5-6-16(25-3)17(8-14)26-4/h5-8,15,24H,9-11H2,1-4H3/t15-/m0/s1. The van der Waals surface area contributed by atoms with Crippen molar-refractivity contribution in [2.24, 2.45) is 0 Å². The number of aliphatic hydroxyl groups is 1. The number of aromatic nitrogens is 4. The topological polar surface area (TPSA) is 91.0 Å². The van der Waals surface area contributed by atoms with Crippen LogP contribution in [0.1, 0.15) is 17.0 Å². The summed E-state index contributed by atoms with van der Waals surface area (Å²) in [7, 11) is 3.19. The van der Waals surface area contributed by atoms with Gasteiger partial charge in [0.05, 0.1) is 33.5 Å². The Bertz CT molecular complexity index is 947. The lowest BCUT2D eigenvalue weighted by Crippen LogP contribution is -2.18. The molecule has 0 fully saturated rings. The van der Waals surface area contributed by atoms with Gasteiger partial charge in [-0.2, -0.15) is 4.98 Å². The van der Waals surface area contributed by atoms with Crippen molar-refractivity contribution < 1.29 is 19.3 Å². The lowest BCUT2D eigenvalue weighted by molar-refractivity contribution is 0.0397. The van der Waals surface area contributed by atoms with Crippen LogP contribution in [-0.2, 0) is 11.3 Å². The van der Waals surface area contributed by atoms with E-state index in [-0.39, 0.29) is 6.61 Å². The second-order valence-corrected chi connectivity index (χ2v) is 7.30. The van der Waals surface area contributed by atoms with Crippen LogP contribution in [0.15, 0.2) is 29.4 Å². The summed E-state index contributed by atoms with van der Waals surface area (Å²) in [5, 5.41) is 15.2. The summed E-state index contributed by atoms with van der Waals surface area (Å²) >= 11 is 1.38. The van der Waals surface area contributed by atoms with E-state index in [0.29, 0.717) is 34.8 Å². The van der Waals surface area contributed by atoms with E-state index < -0.39 is 6.10 Å². The van der Waals surface area contributed by atoms with Crippen LogP contribution in [0.25, 0.3) is 5.78 Å². The molecule has 0 aliphatic carbocycles. The number of thioether (sulfide) groups is 1. The van der Waals surface area contributed by atoms with E-state index in [1.165, 1.54) is 11.8 Å². The lowest BCUT2D eigenvalue weighted by atomic mass is 10.2. The molecule has 3 rings (SSSR count). The van der Waals surface area contributed by atoms with Crippen LogP contribution in [0.4, 0.5) is 0 Å². The van der Waals surface area contributed by atoms with Gasteiger partial charge in [0.2, 0.25) is 5.16 Å². The molecule has 0 saturated heterocycles. The molecule has 0 saturated carbocycles. The average Bonchev–Trinajstić information content (AvgIpc) is 3.09. The third-order valence-corrected chi connectivity index (χ3v) is 5.01. The molecular weight excluding hydrogens is 380 g/mol. The third kappa shape index (κ3) is 4.92. The second-order valence-electron chi connectivity index (χ2n) is 6.31. The fourth-order valence-corrected chi connectivity index (χ4v) is 3.43. The van der Waals surface area contributed by atoms with Crippen LogP contribution in [0.3, 0.4) is 0 Å². The van der Waals surface area contributed by atoms with Gasteiger partial charge in [-0.3, -0.25) is 0 Å². The van der Waals surface area contributed by atoms with Crippen LogP contribution in [0.5, 0.6) is 11.5 Å². The summed E-state index contributed by atoms with van der Waals surface area (Å²) in [6.07, 6.45) is -0.632. The van der Waals surface area contributed by atoms with E-state index in [0.717, 1.165) is 17.0 Å². The molecule has 0 spiro atoms. The molecule has 2 aromatic heterocycles. The van der Waals surface area contributed by atoms with Gasteiger partial charge in [0.1, 0.15) is 0 Å². The minimum atomic E-state index is -0.632. The van der Waals surface area contributed by atoms with Crippen molar-refractivity contribution >= 4 is 17.5 Å². The van der Waals surface area contributed by atoms with Crippen molar-refractivity contribution in [3.05, 3.63) is 41.2 Å². The highest BCUT2D eigenvalue weighted by molar-refractivity contribution is 7.99. The van der Waals surface area contributed by atoms with Crippen molar-refractivity contribution in [3.63, 3.8) is 0 Å². The first-order valence-corrected chi connectivity index (χ1v) is 9.79. The van der Waals surface area contributed by atoms with E-state index in [1.54, 1.807) is 18.7 Å². The molecule has 8 nitrogen and oxygen atoms in total. The molecule has 28 heavy (non-hydrogen) atoms. The maximum absolute atomic E-state index is 10.2. The van der Waals surface area contributed by atoms with Crippen LogP contribution in [-0.4, -0.2) is 57.4 Å². The summed E-state index contributed by atoms with van der Waals surface area (Å²) in [5.41, 5.74) is 2.81. The van der Waals surface area contributed by atoms with Gasteiger partial charge in [0.15, 0.2) is 11.5 Å². The monoisotopic (exact) mass is 404 g/mol. The van der Waals surface area contributed by atoms with Crippen molar-refractivity contribution in [2.75, 3.05) is 26.6 Å². The normalized spacial score (nSPS) is 12.3. The molecular formula is C19H24N4O4S. The summed E-state index contributed by atoms with van der Waals surface area (Å²) in [6, 6.07) is 7.54. The van der Waals surface area contributed by atoms with Gasteiger partial charge in [-0.1, -0.05) is 17.8 Å². The van der Waals surface area contributed by atoms with Gasteiger partial charge in [0.25, 0.3) is 5.78 Å². The summed E-state index contributed by atoms with van der Waals surface area (Å²) < 4.78 is 17.8.